The Morgan fingerprint density at radius 1 is 1.14 bits per heavy atom. The van der Waals surface area contributed by atoms with Crippen LogP contribution in [0, 0.1) is 5.92 Å². The van der Waals surface area contributed by atoms with Crippen LogP contribution in [0.25, 0.3) is 0 Å². The molecule has 0 aliphatic heterocycles. The van der Waals surface area contributed by atoms with Crippen molar-refractivity contribution in [2.75, 3.05) is 6.61 Å². The van der Waals surface area contributed by atoms with Crippen LogP contribution in [0.2, 0.25) is 0 Å². The van der Waals surface area contributed by atoms with Crippen molar-refractivity contribution in [1.29, 1.82) is 0 Å². The number of aryl methyl sites for hydroxylation is 1. The number of rotatable bonds is 6. The minimum atomic E-state index is -0.405. The third kappa shape index (κ3) is 4.08. The molecule has 1 fully saturated rings. The topological polar surface area (TPSA) is 29.5 Å². The summed E-state index contributed by atoms with van der Waals surface area (Å²) in [5, 5.41) is 10.8. The Labute approximate surface area is 129 Å². The minimum Gasteiger partial charge on any atom is -0.390 e. The summed E-state index contributed by atoms with van der Waals surface area (Å²) in [4.78, 5) is 0. The SMILES string of the molecule is CCOC1(C(O)Cc2ccc(CC)cc2)CCC(C)CC1. The van der Waals surface area contributed by atoms with E-state index >= 15 is 0 Å². The summed E-state index contributed by atoms with van der Waals surface area (Å²) in [6.07, 6.45) is 5.63. The molecule has 0 aromatic heterocycles. The van der Waals surface area contributed by atoms with E-state index in [9.17, 15) is 5.11 Å². The number of aliphatic hydroxyl groups excluding tert-OH is 1. The molecule has 2 rings (SSSR count). The lowest BCUT2D eigenvalue weighted by atomic mass is 9.75. The maximum Gasteiger partial charge on any atom is 0.0943 e. The average Bonchev–Trinajstić information content (AvgIpc) is 2.51. The van der Waals surface area contributed by atoms with E-state index in [1.165, 1.54) is 11.1 Å². The van der Waals surface area contributed by atoms with Gasteiger partial charge in [0.05, 0.1) is 11.7 Å². The molecule has 118 valence electrons. The second-order valence-corrected chi connectivity index (χ2v) is 6.57. The van der Waals surface area contributed by atoms with Crippen molar-refractivity contribution in [2.45, 2.75) is 71.0 Å². The van der Waals surface area contributed by atoms with Crippen molar-refractivity contribution in [2.24, 2.45) is 5.92 Å². The van der Waals surface area contributed by atoms with E-state index in [0.717, 1.165) is 38.0 Å². The summed E-state index contributed by atoms with van der Waals surface area (Å²) >= 11 is 0. The Morgan fingerprint density at radius 2 is 1.71 bits per heavy atom. The molecule has 0 bridgehead atoms. The highest BCUT2D eigenvalue weighted by atomic mass is 16.5. The molecule has 1 atom stereocenters. The first-order valence-corrected chi connectivity index (χ1v) is 8.49. The lowest BCUT2D eigenvalue weighted by molar-refractivity contribution is -0.143. The van der Waals surface area contributed by atoms with Gasteiger partial charge in [-0.2, -0.15) is 0 Å². The van der Waals surface area contributed by atoms with Crippen molar-refractivity contribution in [3.8, 4) is 0 Å². The van der Waals surface area contributed by atoms with Gasteiger partial charge in [0.2, 0.25) is 0 Å². The van der Waals surface area contributed by atoms with E-state index in [2.05, 4.69) is 38.1 Å². The Bertz CT molecular complexity index is 416. The predicted molar refractivity (Wildman–Crippen MR) is 87.5 cm³/mol. The van der Waals surface area contributed by atoms with Gasteiger partial charge >= 0.3 is 0 Å². The lowest BCUT2D eigenvalue weighted by Gasteiger charge is -2.42. The third-order valence-electron chi connectivity index (χ3n) is 5.02. The smallest absolute Gasteiger partial charge is 0.0943 e. The maximum atomic E-state index is 10.8. The Morgan fingerprint density at radius 3 is 2.24 bits per heavy atom. The van der Waals surface area contributed by atoms with Gasteiger partial charge in [-0.05, 0) is 56.1 Å². The molecule has 0 saturated heterocycles. The number of hydrogen-bond donors (Lipinski definition) is 1. The van der Waals surface area contributed by atoms with Crippen molar-refractivity contribution >= 4 is 0 Å². The van der Waals surface area contributed by atoms with E-state index < -0.39 is 6.10 Å². The predicted octanol–water partition coefficient (Wildman–Crippen LogP) is 4.14. The fourth-order valence-corrected chi connectivity index (χ4v) is 3.43. The first kappa shape index (κ1) is 16.5. The summed E-state index contributed by atoms with van der Waals surface area (Å²) in [6.45, 7) is 7.17. The third-order valence-corrected chi connectivity index (χ3v) is 5.02. The van der Waals surface area contributed by atoms with Gasteiger partial charge in [-0.25, -0.2) is 0 Å². The normalized spacial score (nSPS) is 27.5. The Hall–Kier alpha value is -0.860. The van der Waals surface area contributed by atoms with Crippen molar-refractivity contribution in [3.63, 3.8) is 0 Å². The summed E-state index contributed by atoms with van der Waals surface area (Å²) in [5.74, 6) is 0.759. The van der Waals surface area contributed by atoms with Crippen LogP contribution >= 0.6 is 0 Å². The molecule has 2 heteroatoms. The van der Waals surface area contributed by atoms with Gasteiger partial charge in [0.1, 0.15) is 0 Å². The molecule has 1 aromatic rings. The molecule has 1 N–H and O–H groups in total. The van der Waals surface area contributed by atoms with E-state index in [1.807, 2.05) is 6.92 Å². The second-order valence-electron chi connectivity index (χ2n) is 6.57. The number of hydrogen-bond acceptors (Lipinski definition) is 2. The van der Waals surface area contributed by atoms with Crippen molar-refractivity contribution in [3.05, 3.63) is 35.4 Å². The van der Waals surface area contributed by atoms with Gasteiger partial charge in [-0.15, -0.1) is 0 Å². The average molecular weight is 290 g/mol. The van der Waals surface area contributed by atoms with Crippen LogP contribution < -0.4 is 0 Å². The van der Waals surface area contributed by atoms with Crippen molar-refractivity contribution < 1.29 is 9.84 Å². The zero-order valence-corrected chi connectivity index (χ0v) is 13.8. The van der Waals surface area contributed by atoms with Gasteiger partial charge in [0.25, 0.3) is 0 Å². The molecule has 0 radical (unpaired) electrons. The largest absolute Gasteiger partial charge is 0.390 e. The number of ether oxygens (including phenoxy) is 1. The summed E-state index contributed by atoms with van der Waals surface area (Å²) in [5.41, 5.74) is 2.22. The van der Waals surface area contributed by atoms with E-state index in [1.54, 1.807) is 0 Å². The molecular weight excluding hydrogens is 260 g/mol. The van der Waals surface area contributed by atoms with Crippen LogP contribution in [0.1, 0.15) is 57.6 Å². The Kier molecular flexibility index (Phi) is 5.83. The molecular formula is C19H30O2. The molecule has 1 saturated carbocycles. The van der Waals surface area contributed by atoms with E-state index in [-0.39, 0.29) is 5.60 Å². The molecule has 1 aliphatic rings. The van der Waals surface area contributed by atoms with Gasteiger partial charge in [-0.3, -0.25) is 0 Å². The van der Waals surface area contributed by atoms with Crippen LogP contribution in [0.4, 0.5) is 0 Å². The first-order chi connectivity index (χ1) is 10.1. The zero-order valence-electron chi connectivity index (χ0n) is 13.8. The standard InChI is InChI=1S/C19H30O2/c1-4-16-6-8-17(9-7-16)14-18(20)19(21-5-2)12-10-15(3)11-13-19/h6-9,15,18,20H,4-5,10-14H2,1-3H3. The molecule has 1 aliphatic carbocycles. The molecule has 0 amide bonds. The van der Waals surface area contributed by atoms with Crippen LogP contribution in [0.5, 0.6) is 0 Å². The number of benzene rings is 1. The van der Waals surface area contributed by atoms with E-state index in [4.69, 9.17) is 4.74 Å². The molecule has 1 unspecified atom stereocenters. The molecule has 1 aromatic carbocycles. The number of aliphatic hydroxyl groups is 1. The fraction of sp³-hybridized carbons (Fsp3) is 0.684. The van der Waals surface area contributed by atoms with Crippen LogP contribution in [0.3, 0.4) is 0 Å². The second kappa shape index (κ2) is 7.42. The van der Waals surface area contributed by atoms with Gasteiger partial charge in [-0.1, -0.05) is 38.1 Å². The van der Waals surface area contributed by atoms with Gasteiger partial charge in [0.15, 0.2) is 0 Å². The molecule has 0 heterocycles. The summed E-state index contributed by atoms with van der Waals surface area (Å²) < 4.78 is 6.05. The molecule has 0 spiro atoms. The fourth-order valence-electron chi connectivity index (χ4n) is 3.43. The summed E-state index contributed by atoms with van der Waals surface area (Å²) in [7, 11) is 0. The lowest BCUT2D eigenvalue weighted by Crippen LogP contribution is -2.48. The van der Waals surface area contributed by atoms with Crippen molar-refractivity contribution in [1.82, 2.24) is 0 Å². The van der Waals surface area contributed by atoms with E-state index in [0.29, 0.717) is 13.0 Å². The molecule has 21 heavy (non-hydrogen) atoms. The minimum absolute atomic E-state index is 0.329. The van der Waals surface area contributed by atoms with Crippen LogP contribution in [-0.2, 0) is 17.6 Å². The molecule has 2 nitrogen and oxygen atoms in total. The highest BCUT2D eigenvalue weighted by molar-refractivity contribution is 5.23. The first-order valence-electron chi connectivity index (χ1n) is 8.49. The maximum absolute atomic E-state index is 10.8. The monoisotopic (exact) mass is 290 g/mol. The zero-order chi connectivity index (χ0) is 15.3. The highest BCUT2D eigenvalue weighted by Gasteiger charge is 2.41. The summed E-state index contributed by atoms with van der Waals surface area (Å²) in [6, 6.07) is 8.62. The highest BCUT2D eigenvalue weighted by Crippen LogP contribution is 2.38. The van der Waals surface area contributed by atoms with Gasteiger partial charge < -0.3 is 9.84 Å². The Balaban J connectivity index is 2.05. The quantitative estimate of drug-likeness (QED) is 0.853. The van der Waals surface area contributed by atoms with Gasteiger partial charge in [0, 0.05) is 13.0 Å². The van der Waals surface area contributed by atoms with Crippen LogP contribution in [0.15, 0.2) is 24.3 Å². The van der Waals surface area contributed by atoms with Crippen LogP contribution in [-0.4, -0.2) is 23.4 Å².